The monoisotopic (exact) mass is 242 g/mol. The summed E-state index contributed by atoms with van der Waals surface area (Å²) in [6.07, 6.45) is 2.91. The molecule has 0 saturated carbocycles. The van der Waals surface area contributed by atoms with Gasteiger partial charge in [-0.15, -0.1) is 0 Å². The van der Waals surface area contributed by atoms with Crippen molar-refractivity contribution in [3.63, 3.8) is 0 Å². The van der Waals surface area contributed by atoms with Gasteiger partial charge in [-0.05, 0) is 37.1 Å². The van der Waals surface area contributed by atoms with Crippen LogP contribution in [0.15, 0.2) is 0 Å². The van der Waals surface area contributed by atoms with Crippen LogP contribution in [0.25, 0.3) is 0 Å². The predicted octanol–water partition coefficient (Wildman–Crippen LogP) is 1.84. The van der Waals surface area contributed by atoms with E-state index < -0.39 is 0 Å². The molecule has 3 nitrogen and oxygen atoms in total. The third-order valence-electron chi connectivity index (χ3n) is 3.74. The Balaban J connectivity index is 2.47. The largest absolute Gasteiger partial charge is 0.393 e. The zero-order valence-corrected chi connectivity index (χ0v) is 11.9. The van der Waals surface area contributed by atoms with Crippen LogP contribution >= 0.6 is 0 Å². The Morgan fingerprint density at radius 2 is 2.00 bits per heavy atom. The van der Waals surface area contributed by atoms with Crippen molar-refractivity contribution < 1.29 is 5.11 Å². The molecule has 17 heavy (non-hydrogen) atoms. The number of piperidine rings is 1. The number of hydrogen-bond donors (Lipinski definition) is 2. The highest BCUT2D eigenvalue weighted by Crippen LogP contribution is 2.28. The van der Waals surface area contributed by atoms with Crippen LogP contribution in [-0.2, 0) is 0 Å². The van der Waals surface area contributed by atoms with Gasteiger partial charge in [-0.25, -0.2) is 0 Å². The molecule has 0 aromatic carbocycles. The molecule has 1 aliphatic rings. The quantitative estimate of drug-likeness (QED) is 0.791. The molecule has 0 aromatic rings. The molecule has 3 unspecified atom stereocenters. The average Bonchev–Trinajstić information content (AvgIpc) is 2.15. The number of nitrogens with zero attached hydrogens (tertiary/aromatic N) is 1. The van der Waals surface area contributed by atoms with Gasteiger partial charge < -0.3 is 15.7 Å². The topological polar surface area (TPSA) is 49.5 Å². The Kier molecular flexibility index (Phi) is 5.42. The molecule has 102 valence electrons. The summed E-state index contributed by atoms with van der Waals surface area (Å²) in [4.78, 5) is 2.45. The maximum absolute atomic E-state index is 10.2. The molecular formula is C14H30N2O. The molecule has 1 aliphatic heterocycles. The minimum Gasteiger partial charge on any atom is -0.393 e. The first-order valence-electron chi connectivity index (χ1n) is 6.99. The Hall–Kier alpha value is -0.120. The zero-order chi connectivity index (χ0) is 13.1. The highest BCUT2D eigenvalue weighted by molar-refractivity contribution is 4.85. The molecule has 1 rings (SSSR count). The third-order valence-corrected chi connectivity index (χ3v) is 3.74. The van der Waals surface area contributed by atoms with E-state index in [2.05, 4.69) is 32.6 Å². The lowest BCUT2D eigenvalue weighted by atomic mass is 9.80. The molecule has 1 heterocycles. The fourth-order valence-corrected chi connectivity index (χ4v) is 2.69. The Bertz CT molecular complexity index is 225. The molecular weight excluding hydrogens is 212 g/mol. The van der Waals surface area contributed by atoms with Gasteiger partial charge in [0.1, 0.15) is 0 Å². The average molecular weight is 242 g/mol. The van der Waals surface area contributed by atoms with E-state index >= 15 is 0 Å². The molecule has 0 aromatic heterocycles. The van der Waals surface area contributed by atoms with Crippen LogP contribution in [0.3, 0.4) is 0 Å². The Morgan fingerprint density at radius 1 is 1.35 bits per heavy atom. The van der Waals surface area contributed by atoms with Crippen LogP contribution in [0.5, 0.6) is 0 Å². The van der Waals surface area contributed by atoms with Crippen LogP contribution in [0.1, 0.15) is 47.0 Å². The number of likely N-dealkylation sites (tertiary alicyclic amines) is 1. The molecule has 0 spiro atoms. The lowest BCUT2D eigenvalue weighted by molar-refractivity contribution is 0.0243. The summed E-state index contributed by atoms with van der Waals surface area (Å²) < 4.78 is 0. The highest BCUT2D eigenvalue weighted by atomic mass is 16.3. The minimum atomic E-state index is -0.221. The van der Waals surface area contributed by atoms with Crippen molar-refractivity contribution in [3.05, 3.63) is 0 Å². The van der Waals surface area contributed by atoms with Gasteiger partial charge in [0.15, 0.2) is 0 Å². The maximum Gasteiger partial charge on any atom is 0.0591 e. The van der Waals surface area contributed by atoms with Crippen LogP contribution in [-0.4, -0.2) is 41.8 Å². The van der Waals surface area contributed by atoms with E-state index in [-0.39, 0.29) is 17.6 Å². The summed E-state index contributed by atoms with van der Waals surface area (Å²) in [5.74, 6) is 0.555. The Morgan fingerprint density at radius 3 is 2.53 bits per heavy atom. The van der Waals surface area contributed by atoms with Gasteiger partial charge >= 0.3 is 0 Å². The lowest BCUT2D eigenvalue weighted by Crippen LogP contribution is -2.48. The third kappa shape index (κ3) is 4.94. The van der Waals surface area contributed by atoms with E-state index in [4.69, 9.17) is 5.73 Å². The number of hydrogen-bond acceptors (Lipinski definition) is 3. The zero-order valence-electron chi connectivity index (χ0n) is 11.9. The van der Waals surface area contributed by atoms with Crippen LogP contribution < -0.4 is 5.73 Å². The summed E-state index contributed by atoms with van der Waals surface area (Å²) in [5, 5.41) is 10.2. The van der Waals surface area contributed by atoms with Crippen molar-refractivity contribution >= 4 is 0 Å². The minimum absolute atomic E-state index is 0.0167. The van der Waals surface area contributed by atoms with Gasteiger partial charge in [-0.3, -0.25) is 0 Å². The van der Waals surface area contributed by atoms with Gasteiger partial charge in [0, 0.05) is 19.1 Å². The fourth-order valence-electron chi connectivity index (χ4n) is 2.69. The first-order chi connectivity index (χ1) is 7.82. The molecule has 3 N–H and O–H groups in total. The molecule has 0 amide bonds. The second kappa shape index (κ2) is 6.17. The SMILES string of the molecule is CCCN1CC(N)CC(CC(O)C(C)(C)C)C1. The van der Waals surface area contributed by atoms with Crippen molar-refractivity contribution in [3.8, 4) is 0 Å². The predicted molar refractivity (Wildman–Crippen MR) is 72.9 cm³/mol. The maximum atomic E-state index is 10.2. The van der Waals surface area contributed by atoms with Gasteiger partial charge in [-0.2, -0.15) is 0 Å². The van der Waals surface area contributed by atoms with Crippen molar-refractivity contribution in [2.75, 3.05) is 19.6 Å². The van der Waals surface area contributed by atoms with Crippen molar-refractivity contribution in [2.45, 2.75) is 59.1 Å². The molecule has 3 heteroatoms. The molecule has 0 aliphatic carbocycles. The van der Waals surface area contributed by atoms with Crippen molar-refractivity contribution in [1.29, 1.82) is 0 Å². The van der Waals surface area contributed by atoms with Crippen molar-refractivity contribution in [1.82, 2.24) is 4.90 Å². The van der Waals surface area contributed by atoms with Gasteiger partial charge in [0.2, 0.25) is 0 Å². The number of rotatable bonds is 4. The van der Waals surface area contributed by atoms with Gasteiger partial charge in [0.05, 0.1) is 6.10 Å². The van der Waals surface area contributed by atoms with E-state index in [9.17, 15) is 5.11 Å². The number of aliphatic hydroxyl groups excluding tert-OH is 1. The summed E-state index contributed by atoms with van der Waals surface area (Å²) in [6.45, 7) is 11.8. The molecule has 0 radical (unpaired) electrons. The van der Waals surface area contributed by atoms with Crippen molar-refractivity contribution in [2.24, 2.45) is 17.1 Å². The molecule has 0 bridgehead atoms. The first-order valence-corrected chi connectivity index (χ1v) is 6.99. The normalized spacial score (nSPS) is 29.3. The molecule has 1 fully saturated rings. The first kappa shape index (κ1) is 14.9. The summed E-state index contributed by atoms with van der Waals surface area (Å²) in [7, 11) is 0. The van der Waals surface area contributed by atoms with E-state index in [0.717, 1.165) is 32.5 Å². The second-order valence-electron chi connectivity index (χ2n) is 6.74. The molecule has 1 saturated heterocycles. The fraction of sp³-hybridized carbons (Fsp3) is 1.00. The second-order valence-corrected chi connectivity index (χ2v) is 6.74. The van der Waals surface area contributed by atoms with E-state index in [1.807, 2.05) is 0 Å². The highest BCUT2D eigenvalue weighted by Gasteiger charge is 2.30. The van der Waals surface area contributed by atoms with Crippen LogP contribution in [0, 0.1) is 11.3 Å². The lowest BCUT2D eigenvalue weighted by Gasteiger charge is -2.38. The number of nitrogens with two attached hydrogens (primary N) is 1. The summed E-state index contributed by atoms with van der Waals surface area (Å²) >= 11 is 0. The molecule has 3 atom stereocenters. The van der Waals surface area contributed by atoms with Gasteiger partial charge in [0.25, 0.3) is 0 Å². The number of aliphatic hydroxyl groups is 1. The smallest absolute Gasteiger partial charge is 0.0591 e. The van der Waals surface area contributed by atoms with Crippen LogP contribution in [0.4, 0.5) is 0 Å². The van der Waals surface area contributed by atoms with E-state index in [1.54, 1.807) is 0 Å². The van der Waals surface area contributed by atoms with E-state index in [0.29, 0.717) is 5.92 Å². The summed E-state index contributed by atoms with van der Waals surface area (Å²) in [6, 6.07) is 0.285. The standard InChI is InChI=1S/C14H30N2O/c1-5-6-16-9-11(7-12(15)10-16)8-13(17)14(2,3)4/h11-13,17H,5-10,15H2,1-4H3. The summed E-state index contributed by atoms with van der Waals surface area (Å²) in [5.41, 5.74) is 6.09. The van der Waals surface area contributed by atoms with Crippen LogP contribution in [0.2, 0.25) is 0 Å². The Labute approximate surface area is 106 Å². The van der Waals surface area contributed by atoms with E-state index in [1.165, 1.54) is 6.42 Å². The van der Waals surface area contributed by atoms with Gasteiger partial charge in [-0.1, -0.05) is 27.7 Å².